The Labute approximate surface area is 174 Å². The highest BCUT2D eigenvalue weighted by atomic mass is 35.5. The standard InChI is InChI=1S/C19H13Cl2FN2O3S/c20-14-3-1-2-13(16(14)21)17(25)23-8-9-24-18(26)15(28-19(24)27)10-11-4-6-12(22)7-5-11/h1-7,10H,8-9H2,(H,23,25)/b15-10-. The van der Waals surface area contributed by atoms with E-state index in [1.807, 2.05) is 0 Å². The smallest absolute Gasteiger partial charge is 0.293 e. The van der Waals surface area contributed by atoms with Crippen molar-refractivity contribution in [2.45, 2.75) is 0 Å². The van der Waals surface area contributed by atoms with Crippen LogP contribution in [0.5, 0.6) is 0 Å². The molecule has 0 bridgehead atoms. The largest absolute Gasteiger partial charge is 0.350 e. The molecule has 28 heavy (non-hydrogen) atoms. The van der Waals surface area contributed by atoms with Gasteiger partial charge in [0.1, 0.15) is 5.82 Å². The van der Waals surface area contributed by atoms with Crippen molar-refractivity contribution in [1.29, 1.82) is 0 Å². The summed E-state index contributed by atoms with van der Waals surface area (Å²) >= 11 is 12.7. The van der Waals surface area contributed by atoms with E-state index in [0.29, 0.717) is 5.56 Å². The van der Waals surface area contributed by atoms with Gasteiger partial charge < -0.3 is 5.32 Å². The summed E-state index contributed by atoms with van der Waals surface area (Å²) in [5.74, 6) is -1.31. The maximum absolute atomic E-state index is 13.0. The molecule has 1 saturated heterocycles. The second kappa shape index (κ2) is 8.77. The number of rotatable bonds is 5. The van der Waals surface area contributed by atoms with Gasteiger partial charge in [0.05, 0.1) is 20.5 Å². The Hall–Kier alpha value is -2.35. The lowest BCUT2D eigenvalue weighted by molar-refractivity contribution is -0.122. The highest BCUT2D eigenvalue weighted by Crippen LogP contribution is 2.32. The number of carbonyl (C=O) groups is 3. The summed E-state index contributed by atoms with van der Waals surface area (Å²) in [4.78, 5) is 38.0. The Bertz CT molecular complexity index is 980. The summed E-state index contributed by atoms with van der Waals surface area (Å²) in [6.07, 6.45) is 1.52. The van der Waals surface area contributed by atoms with Crippen LogP contribution >= 0.6 is 35.0 Å². The van der Waals surface area contributed by atoms with Crippen molar-refractivity contribution in [3.8, 4) is 0 Å². The van der Waals surface area contributed by atoms with Crippen LogP contribution in [0.1, 0.15) is 15.9 Å². The van der Waals surface area contributed by atoms with Crippen molar-refractivity contribution < 1.29 is 18.8 Å². The van der Waals surface area contributed by atoms with Crippen LogP contribution in [-0.4, -0.2) is 35.0 Å². The number of hydrogen-bond acceptors (Lipinski definition) is 4. The first-order chi connectivity index (χ1) is 13.4. The lowest BCUT2D eigenvalue weighted by atomic mass is 10.2. The number of thioether (sulfide) groups is 1. The van der Waals surface area contributed by atoms with E-state index in [-0.39, 0.29) is 39.4 Å². The van der Waals surface area contributed by atoms with Gasteiger partial charge in [-0.3, -0.25) is 19.3 Å². The highest BCUT2D eigenvalue weighted by Gasteiger charge is 2.34. The molecular weight excluding hydrogens is 426 g/mol. The molecule has 1 aliphatic rings. The maximum Gasteiger partial charge on any atom is 0.293 e. The minimum atomic E-state index is -0.464. The van der Waals surface area contributed by atoms with E-state index in [1.165, 1.54) is 36.4 Å². The van der Waals surface area contributed by atoms with Crippen LogP contribution < -0.4 is 5.32 Å². The van der Waals surface area contributed by atoms with Gasteiger partial charge in [0.25, 0.3) is 17.1 Å². The predicted octanol–water partition coefficient (Wildman–Crippen LogP) is 4.60. The maximum atomic E-state index is 13.0. The molecule has 0 saturated carbocycles. The summed E-state index contributed by atoms with van der Waals surface area (Å²) in [6, 6.07) is 10.2. The molecule has 144 valence electrons. The Morgan fingerprint density at radius 2 is 1.86 bits per heavy atom. The van der Waals surface area contributed by atoms with Crippen molar-refractivity contribution in [2.24, 2.45) is 0 Å². The predicted molar refractivity (Wildman–Crippen MR) is 108 cm³/mol. The molecule has 1 N–H and O–H groups in total. The van der Waals surface area contributed by atoms with E-state index in [2.05, 4.69) is 5.32 Å². The molecular formula is C19H13Cl2FN2O3S. The third-order valence-corrected chi connectivity index (χ3v) is 5.58. The average Bonchev–Trinajstić information content (AvgIpc) is 2.93. The molecule has 0 aromatic heterocycles. The lowest BCUT2D eigenvalue weighted by Gasteiger charge is -2.13. The minimum Gasteiger partial charge on any atom is -0.350 e. The van der Waals surface area contributed by atoms with Crippen molar-refractivity contribution in [2.75, 3.05) is 13.1 Å². The van der Waals surface area contributed by atoms with Gasteiger partial charge in [-0.25, -0.2) is 4.39 Å². The molecule has 0 radical (unpaired) electrons. The van der Waals surface area contributed by atoms with Gasteiger partial charge in [-0.15, -0.1) is 0 Å². The first-order valence-corrected chi connectivity index (χ1v) is 9.67. The van der Waals surface area contributed by atoms with E-state index in [9.17, 15) is 18.8 Å². The van der Waals surface area contributed by atoms with E-state index < -0.39 is 17.1 Å². The van der Waals surface area contributed by atoms with Gasteiger partial charge in [-0.05, 0) is 47.7 Å². The fourth-order valence-electron chi connectivity index (χ4n) is 2.46. The number of nitrogens with zero attached hydrogens (tertiary/aromatic N) is 1. The van der Waals surface area contributed by atoms with Crippen molar-refractivity contribution in [3.05, 3.63) is 74.4 Å². The molecule has 3 amide bonds. The zero-order chi connectivity index (χ0) is 20.3. The third-order valence-electron chi connectivity index (χ3n) is 3.86. The fraction of sp³-hybridized carbons (Fsp3) is 0.105. The average molecular weight is 439 g/mol. The monoisotopic (exact) mass is 438 g/mol. The van der Waals surface area contributed by atoms with E-state index in [0.717, 1.165) is 16.7 Å². The topological polar surface area (TPSA) is 66.5 Å². The summed E-state index contributed by atoms with van der Waals surface area (Å²) < 4.78 is 13.0. The van der Waals surface area contributed by atoms with Crippen LogP contribution in [0.25, 0.3) is 6.08 Å². The number of halogens is 3. The molecule has 0 spiro atoms. The molecule has 5 nitrogen and oxygen atoms in total. The van der Waals surface area contributed by atoms with Crippen LogP contribution in [0.3, 0.4) is 0 Å². The molecule has 9 heteroatoms. The van der Waals surface area contributed by atoms with Crippen molar-refractivity contribution >= 4 is 58.1 Å². The summed E-state index contributed by atoms with van der Waals surface area (Å²) in [5, 5.41) is 2.56. The normalized spacial score (nSPS) is 15.4. The summed E-state index contributed by atoms with van der Waals surface area (Å²) in [5.41, 5.74) is 0.815. The van der Waals surface area contributed by atoms with Crippen molar-refractivity contribution in [1.82, 2.24) is 10.2 Å². The quantitative estimate of drug-likeness (QED) is 0.692. The SMILES string of the molecule is O=C(NCCN1C(=O)S/C(=C\c2ccc(F)cc2)C1=O)c1cccc(Cl)c1Cl. The molecule has 2 aromatic rings. The Morgan fingerprint density at radius 3 is 2.57 bits per heavy atom. The van der Waals surface area contributed by atoms with E-state index in [1.54, 1.807) is 12.1 Å². The molecule has 0 atom stereocenters. The molecule has 0 aliphatic carbocycles. The van der Waals surface area contributed by atoms with Gasteiger partial charge in [0.15, 0.2) is 0 Å². The van der Waals surface area contributed by atoms with Gasteiger partial charge >= 0.3 is 0 Å². The van der Waals surface area contributed by atoms with Crippen LogP contribution in [0.4, 0.5) is 9.18 Å². The van der Waals surface area contributed by atoms with Gasteiger partial charge in [-0.1, -0.05) is 41.4 Å². The number of amides is 3. The molecule has 3 rings (SSSR count). The number of hydrogen-bond donors (Lipinski definition) is 1. The first kappa shape index (κ1) is 20.4. The van der Waals surface area contributed by atoms with Gasteiger partial charge in [0, 0.05) is 13.1 Å². The van der Waals surface area contributed by atoms with Crippen LogP contribution in [-0.2, 0) is 4.79 Å². The highest BCUT2D eigenvalue weighted by molar-refractivity contribution is 8.18. The molecule has 1 heterocycles. The number of imide groups is 1. The van der Waals surface area contributed by atoms with Crippen molar-refractivity contribution in [3.63, 3.8) is 0 Å². The molecule has 1 aliphatic heterocycles. The van der Waals surface area contributed by atoms with E-state index in [4.69, 9.17) is 23.2 Å². The molecule has 0 unspecified atom stereocenters. The number of nitrogens with one attached hydrogen (secondary N) is 1. The molecule has 1 fully saturated rings. The van der Waals surface area contributed by atoms with Crippen LogP contribution in [0.15, 0.2) is 47.4 Å². The van der Waals surface area contributed by atoms with Gasteiger partial charge in [-0.2, -0.15) is 0 Å². The minimum absolute atomic E-state index is 0.00928. The Balaban J connectivity index is 1.61. The van der Waals surface area contributed by atoms with Gasteiger partial charge in [0.2, 0.25) is 0 Å². The summed E-state index contributed by atoms with van der Waals surface area (Å²) in [6.45, 7) is 0.0683. The zero-order valence-electron chi connectivity index (χ0n) is 14.2. The number of carbonyl (C=O) groups excluding carboxylic acids is 3. The van der Waals surface area contributed by atoms with E-state index >= 15 is 0 Å². The first-order valence-electron chi connectivity index (χ1n) is 8.10. The second-order valence-corrected chi connectivity index (χ2v) is 7.52. The molecule has 2 aromatic carbocycles. The van der Waals surface area contributed by atoms with Crippen LogP contribution in [0, 0.1) is 5.82 Å². The second-order valence-electron chi connectivity index (χ2n) is 5.74. The zero-order valence-corrected chi connectivity index (χ0v) is 16.6. The lowest BCUT2D eigenvalue weighted by Crippen LogP contribution is -2.37. The third kappa shape index (κ3) is 4.55. The number of benzene rings is 2. The Morgan fingerprint density at radius 1 is 1.14 bits per heavy atom. The summed E-state index contributed by atoms with van der Waals surface area (Å²) in [7, 11) is 0. The van der Waals surface area contributed by atoms with Crippen LogP contribution in [0.2, 0.25) is 10.0 Å². The Kier molecular flexibility index (Phi) is 6.39. The fourth-order valence-corrected chi connectivity index (χ4v) is 3.71.